The van der Waals surface area contributed by atoms with Gasteiger partial charge in [0, 0.05) is 12.6 Å². The Labute approximate surface area is 121 Å². The number of rotatable bonds is 5. The van der Waals surface area contributed by atoms with Crippen LogP contribution in [0.3, 0.4) is 0 Å². The first-order valence-electron chi connectivity index (χ1n) is 8.00. The van der Waals surface area contributed by atoms with Gasteiger partial charge in [-0.2, -0.15) is 0 Å². The van der Waals surface area contributed by atoms with E-state index in [1.807, 2.05) is 0 Å². The molecule has 2 aromatic rings. The Morgan fingerprint density at radius 1 is 1.10 bits per heavy atom. The van der Waals surface area contributed by atoms with E-state index in [0.29, 0.717) is 11.5 Å². The summed E-state index contributed by atoms with van der Waals surface area (Å²) in [6, 6.07) is 15.8. The molecule has 2 aliphatic carbocycles. The topological polar surface area (TPSA) is 12.0 Å². The first-order chi connectivity index (χ1) is 9.78. The number of hydrogen-bond acceptors (Lipinski definition) is 1. The summed E-state index contributed by atoms with van der Waals surface area (Å²) in [5.41, 5.74) is 2.12. The van der Waals surface area contributed by atoms with Crippen molar-refractivity contribution in [1.82, 2.24) is 5.32 Å². The molecule has 20 heavy (non-hydrogen) atoms. The molecule has 0 radical (unpaired) electrons. The number of nitrogens with one attached hydrogen (secondary N) is 1. The predicted molar refractivity (Wildman–Crippen MR) is 84.8 cm³/mol. The van der Waals surface area contributed by atoms with Crippen LogP contribution in [0.1, 0.15) is 44.2 Å². The molecule has 0 saturated heterocycles. The molecule has 104 valence electrons. The lowest BCUT2D eigenvalue weighted by atomic mass is 9.97. The number of benzene rings is 2. The van der Waals surface area contributed by atoms with E-state index in [1.165, 1.54) is 48.6 Å². The molecule has 0 spiro atoms. The van der Waals surface area contributed by atoms with E-state index < -0.39 is 0 Å². The Morgan fingerprint density at radius 3 is 2.60 bits per heavy atom. The Morgan fingerprint density at radius 2 is 1.85 bits per heavy atom. The van der Waals surface area contributed by atoms with Gasteiger partial charge in [-0.25, -0.2) is 0 Å². The van der Waals surface area contributed by atoms with Gasteiger partial charge >= 0.3 is 0 Å². The van der Waals surface area contributed by atoms with E-state index in [-0.39, 0.29) is 0 Å². The molecule has 2 aromatic carbocycles. The second-order valence-electron chi connectivity index (χ2n) is 6.81. The summed E-state index contributed by atoms with van der Waals surface area (Å²) in [4.78, 5) is 0. The van der Waals surface area contributed by atoms with Gasteiger partial charge in [0.1, 0.15) is 0 Å². The zero-order valence-electron chi connectivity index (χ0n) is 12.2. The third-order valence-corrected chi connectivity index (χ3v) is 5.39. The quantitative estimate of drug-likeness (QED) is 0.827. The molecule has 2 fully saturated rings. The highest BCUT2D eigenvalue weighted by Gasteiger charge is 2.53. The minimum atomic E-state index is 0.442. The van der Waals surface area contributed by atoms with Crippen molar-refractivity contribution < 1.29 is 0 Å². The molecule has 1 N–H and O–H groups in total. The van der Waals surface area contributed by atoms with Crippen molar-refractivity contribution in [3.63, 3.8) is 0 Å². The zero-order chi connectivity index (χ0) is 13.6. The van der Waals surface area contributed by atoms with Crippen LogP contribution in [0.15, 0.2) is 42.5 Å². The summed E-state index contributed by atoms with van der Waals surface area (Å²) in [6.45, 7) is 3.52. The van der Waals surface area contributed by atoms with Crippen LogP contribution in [0.5, 0.6) is 0 Å². The third-order valence-electron chi connectivity index (χ3n) is 5.39. The predicted octanol–water partition coefficient (Wildman–Crippen LogP) is 4.68. The van der Waals surface area contributed by atoms with Crippen LogP contribution >= 0.6 is 0 Å². The monoisotopic (exact) mass is 265 g/mol. The smallest absolute Gasteiger partial charge is 0.0298 e. The average molecular weight is 265 g/mol. The molecular formula is C19H23N. The number of fused-ring (bicyclic) bond motifs is 1. The lowest BCUT2D eigenvalue weighted by Gasteiger charge is -2.21. The Hall–Kier alpha value is -1.34. The van der Waals surface area contributed by atoms with E-state index in [0.717, 1.165) is 5.92 Å². The van der Waals surface area contributed by atoms with Gasteiger partial charge in [0.05, 0.1) is 0 Å². The van der Waals surface area contributed by atoms with Crippen LogP contribution in [0.25, 0.3) is 10.8 Å². The zero-order valence-corrected chi connectivity index (χ0v) is 12.2. The molecule has 2 saturated carbocycles. The van der Waals surface area contributed by atoms with E-state index in [4.69, 9.17) is 0 Å². The van der Waals surface area contributed by atoms with E-state index in [2.05, 4.69) is 54.7 Å². The van der Waals surface area contributed by atoms with Crippen molar-refractivity contribution >= 4 is 10.8 Å². The van der Waals surface area contributed by atoms with Gasteiger partial charge in [-0.3, -0.25) is 0 Å². The van der Waals surface area contributed by atoms with Gasteiger partial charge in [-0.05, 0) is 60.3 Å². The lowest BCUT2D eigenvalue weighted by molar-refractivity contribution is 0.382. The summed E-state index contributed by atoms with van der Waals surface area (Å²) in [5, 5.41) is 6.56. The third kappa shape index (κ3) is 2.14. The SMILES string of the molecule is CC(NCC1(C2CC2)CC1)c1cccc2ccccc12. The second-order valence-corrected chi connectivity index (χ2v) is 6.81. The molecule has 1 nitrogen and oxygen atoms in total. The van der Waals surface area contributed by atoms with Crippen LogP contribution in [0.2, 0.25) is 0 Å². The lowest BCUT2D eigenvalue weighted by Crippen LogP contribution is -2.28. The van der Waals surface area contributed by atoms with E-state index in [9.17, 15) is 0 Å². The highest BCUT2D eigenvalue weighted by molar-refractivity contribution is 5.86. The maximum absolute atomic E-state index is 3.82. The summed E-state index contributed by atoms with van der Waals surface area (Å²) < 4.78 is 0. The fraction of sp³-hybridized carbons (Fsp3) is 0.474. The van der Waals surface area contributed by atoms with Crippen LogP contribution in [-0.4, -0.2) is 6.54 Å². The molecule has 4 rings (SSSR count). The van der Waals surface area contributed by atoms with Gasteiger partial charge in [-0.1, -0.05) is 42.5 Å². The summed E-state index contributed by atoms with van der Waals surface area (Å²) in [5.74, 6) is 1.04. The van der Waals surface area contributed by atoms with Gasteiger partial charge in [0.2, 0.25) is 0 Å². The van der Waals surface area contributed by atoms with Crippen LogP contribution < -0.4 is 5.32 Å². The largest absolute Gasteiger partial charge is 0.310 e. The maximum Gasteiger partial charge on any atom is 0.0298 e. The van der Waals surface area contributed by atoms with Gasteiger partial charge < -0.3 is 5.32 Å². The van der Waals surface area contributed by atoms with Crippen LogP contribution in [0, 0.1) is 11.3 Å². The molecular weight excluding hydrogens is 242 g/mol. The molecule has 2 aliphatic rings. The molecule has 0 bridgehead atoms. The summed E-state index contributed by atoms with van der Waals surface area (Å²) in [7, 11) is 0. The second kappa shape index (κ2) is 4.60. The van der Waals surface area contributed by atoms with Crippen molar-refractivity contribution in [2.45, 2.75) is 38.6 Å². The average Bonchev–Trinajstić information content (AvgIpc) is 3.37. The maximum atomic E-state index is 3.82. The number of hydrogen-bond donors (Lipinski definition) is 1. The fourth-order valence-electron chi connectivity index (χ4n) is 3.68. The molecule has 0 aliphatic heterocycles. The van der Waals surface area contributed by atoms with E-state index in [1.54, 1.807) is 0 Å². The normalized spacial score (nSPS) is 21.9. The van der Waals surface area contributed by atoms with Crippen molar-refractivity contribution in [1.29, 1.82) is 0 Å². The summed E-state index contributed by atoms with van der Waals surface area (Å²) in [6.07, 6.45) is 5.86. The van der Waals surface area contributed by atoms with Crippen molar-refractivity contribution in [3.05, 3.63) is 48.0 Å². The molecule has 0 aromatic heterocycles. The molecule has 0 heterocycles. The highest BCUT2D eigenvalue weighted by atomic mass is 14.9. The van der Waals surface area contributed by atoms with Crippen molar-refractivity contribution in [2.75, 3.05) is 6.54 Å². The first kappa shape index (κ1) is 12.4. The van der Waals surface area contributed by atoms with Crippen molar-refractivity contribution in [2.24, 2.45) is 11.3 Å². The first-order valence-corrected chi connectivity index (χ1v) is 8.00. The fourth-order valence-corrected chi connectivity index (χ4v) is 3.68. The Kier molecular flexibility index (Phi) is 2.85. The molecule has 1 atom stereocenters. The molecule has 1 unspecified atom stereocenters. The van der Waals surface area contributed by atoms with E-state index >= 15 is 0 Å². The van der Waals surface area contributed by atoms with Crippen LogP contribution in [-0.2, 0) is 0 Å². The molecule has 0 amide bonds. The minimum Gasteiger partial charge on any atom is -0.310 e. The van der Waals surface area contributed by atoms with Gasteiger partial charge in [0.15, 0.2) is 0 Å². The Bertz CT molecular complexity index is 617. The van der Waals surface area contributed by atoms with Gasteiger partial charge in [0.25, 0.3) is 0 Å². The molecule has 1 heteroatoms. The standard InChI is InChI=1S/C19H23N/c1-14(20-13-19(11-12-19)16-9-10-16)17-8-4-6-15-5-2-3-7-18(15)17/h2-8,14,16,20H,9-13H2,1H3. The Balaban J connectivity index is 1.53. The van der Waals surface area contributed by atoms with Crippen molar-refractivity contribution in [3.8, 4) is 0 Å². The summed E-state index contributed by atoms with van der Waals surface area (Å²) >= 11 is 0. The van der Waals surface area contributed by atoms with Crippen LogP contribution in [0.4, 0.5) is 0 Å². The minimum absolute atomic E-state index is 0.442. The highest BCUT2D eigenvalue weighted by Crippen LogP contribution is 2.61. The van der Waals surface area contributed by atoms with Gasteiger partial charge in [-0.15, -0.1) is 0 Å².